The molecular weight excluding hydrogens is 286 g/mol. The first kappa shape index (κ1) is 42.6. The predicted molar refractivity (Wildman–Crippen MR) is 36.2 cm³/mol. The van der Waals surface area contributed by atoms with Gasteiger partial charge in [0.15, 0.2) is 0 Å². The molecule has 0 nitrogen and oxygen atoms in total. The molecular formula is C5H9F4SbSi-4. The number of halogens is 4. The minimum atomic E-state index is -1.21. The van der Waals surface area contributed by atoms with Crippen LogP contribution in [0.25, 0.3) is 0 Å². The minimum Gasteiger partial charge on any atom is -1.00 e. The first-order valence-electron chi connectivity index (χ1n) is 2.00. The van der Waals surface area contributed by atoms with Gasteiger partial charge in [0.2, 0.25) is 0 Å². The monoisotopic (exact) mass is 294 g/mol. The van der Waals surface area contributed by atoms with Crippen LogP contribution in [0.1, 0.15) is 0 Å². The van der Waals surface area contributed by atoms with E-state index in [4.69, 9.17) is 6.42 Å². The third kappa shape index (κ3) is 64.9. The van der Waals surface area contributed by atoms with E-state index in [1.54, 1.807) is 0 Å². The largest absolute Gasteiger partial charge is 1.00 e. The van der Waals surface area contributed by atoms with Crippen molar-refractivity contribution in [2.75, 3.05) is 0 Å². The van der Waals surface area contributed by atoms with Gasteiger partial charge in [-0.05, 0) is 6.42 Å². The van der Waals surface area contributed by atoms with Gasteiger partial charge in [0, 0.05) is 24.4 Å². The standard InChI is InChI=1S/C5H9Si.4FH.Sb/c1-5-6(2,3)4;;;;;/h2-4H3;4*1H;/p-4. The molecule has 0 fully saturated rings. The molecule has 0 saturated carbocycles. The van der Waals surface area contributed by atoms with Crippen LogP contribution in [-0.2, 0) is 0 Å². The topological polar surface area (TPSA) is 0 Å². The second-order valence-electron chi connectivity index (χ2n) is 2.38. The van der Waals surface area contributed by atoms with E-state index in [-0.39, 0.29) is 43.2 Å². The van der Waals surface area contributed by atoms with E-state index in [2.05, 4.69) is 25.2 Å². The molecule has 0 bridgehead atoms. The Bertz CT molecular complexity index is 85.5. The Morgan fingerprint density at radius 3 is 1.00 bits per heavy atom. The molecule has 0 amide bonds. The van der Waals surface area contributed by atoms with E-state index in [0.29, 0.717) is 0 Å². The molecule has 0 aromatic carbocycles. The normalized spacial score (nSPS) is 5.64. The zero-order valence-corrected chi connectivity index (χ0v) is 10.0. The van der Waals surface area contributed by atoms with E-state index >= 15 is 0 Å². The fourth-order valence-corrected chi connectivity index (χ4v) is 0. The molecule has 0 atom stereocenters. The Kier molecular flexibility index (Phi) is 64.8. The van der Waals surface area contributed by atoms with Crippen molar-refractivity contribution in [2.24, 2.45) is 0 Å². The van der Waals surface area contributed by atoms with Gasteiger partial charge in [-0.15, -0.1) is 5.54 Å². The van der Waals surface area contributed by atoms with Gasteiger partial charge in [0.05, 0.1) is 0 Å². The molecule has 0 heterocycles. The third-order valence-electron chi connectivity index (χ3n) is 0.375. The minimum absolute atomic E-state index is 0. The molecule has 0 rings (SSSR count). The van der Waals surface area contributed by atoms with Crippen LogP contribution < -0.4 is 18.8 Å². The van der Waals surface area contributed by atoms with Gasteiger partial charge in [-0.1, -0.05) is 19.6 Å². The Hall–Kier alpha value is 0.315. The summed E-state index contributed by atoms with van der Waals surface area (Å²) in [6.45, 7) is 6.25. The SMILES string of the molecule is [C]#C[Si](C)(C)C.[F-].[F-].[F-].[F-].[Sb]. The Balaban J connectivity index is -0.0000000125. The fourth-order valence-electron chi connectivity index (χ4n) is 0. The first-order valence-corrected chi connectivity index (χ1v) is 5.50. The van der Waals surface area contributed by atoms with Gasteiger partial charge in [0.1, 0.15) is 8.07 Å². The van der Waals surface area contributed by atoms with Crippen molar-refractivity contribution in [3.05, 3.63) is 6.42 Å². The van der Waals surface area contributed by atoms with Crippen LogP contribution in [0.4, 0.5) is 0 Å². The number of hydrogen-bond donors (Lipinski definition) is 0. The fraction of sp³-hybridized carbons (Fsp3) is 0.600. The van der Waals surface area contributed by atoms with Crippen molar-refractivity contribution in [1.82, 2.24) is 0 Å². The zero-order valence-electron chi connectivity index (χ0n) is 6.46. The quantitative estimate of drug-likeness (QED) is 0.237. The van der Waals surface area contributed by atoms with Crippen LogP contribution in [-0.4, -0.2) is 32.5 Å². The first-order chi connectivity index (χ1) is 2.56. The maximum absolute atomic E-state index is 6.67. The van der Waals surface area contributed by atoms with Crippen molar-refractivity contribution in [3.8, 4) is 5.54 Å². The summed E-state index contributed by atoms with van der Waals surface area (Å²) < 4.78 is 0. The summed E-state index contributed by atoms with van der Waals surface area (Å²) in [5, 5.41) is 0. The molecule has 0 N–H and O–H groups in total. The molecule has 0 aliphatic carbocycles. The van der Waals surface area contributed by atoms with Crippen molar-refractivity contribution in [2.45, 2.75) is 19.6 Å². The molecule has 0 aromatic heterocycles. The van der Waals surface area contributed by atoms with Crippen molar-refractivity contribution >= 4 is 32.5 Å². The zero-order chi connectivity index (χ0) is 5.21. The van der Waals surface area contributed by atoms with E-state index in [1.165, 1.54) is 0 Å². The van der Waals surface area contributed by atoms with Gasteiger partial charge in [-0.2, -0.15) is 0 Å². The van der Waals surface area contributed by atoms with Crippen LogP contribution in [0.15, 0.2) is 0 Å². The summed E-state index contributed by atoms with van der Waals surface area (Å²) in [6.07, 6.45) is 6.67. The molecule has 11 heavy (non-hydrogen) atoms. The summed E-state index contributed by atoms with van der Waals surface area (Å²) in [6, 6.07) is 0. The average molecular weight is 295 g/mol. The molecule has 0 aromatic rings. The van der Waals surface area contributed by atoms with Crippen molar-refractivity contribution < 1.29 is 18.8 Å². The van der Waals surface area contributed by atoms with E-state index < -0.39 is 8.07 Å². The van der Waals surface area contributed by atoms with Crippen LogP contribution in [0.3, 0.4) is 0 Å². The predicted octanol–water partition coefficient (Wildman–Crippen LogP) is -10.9. The summed E-state index contributed by atoms with van der Waals surface area (Å²) >= 11 is 0. The summed E-state index contributed by atoms with van der Waals surface area (Å²) in [7, 11) is -1.21. The maximum Gasteiger partial charge on any atom is 0.130 e. The van der Waals surface area contributed by atoms with Gasteiger partial charge in [-0.25, -0.2) is 0 Å². The van der Waals surface area contributed by atoms with Crippen LogP contribution >= 0.6 is 0 Å². The molecule has 0 aliphatic rings. The Morgan fingerprint density at radius 1 is 0.909 bits per heavy atom. The van der Waals surface area contributed by atoms with E-state index in [1.807, 2.05) is 0 Å². The molecule has 70 valence electrons. The average Bonchev–Trinajstić information content (AvgIpc) is 1.35. The summed E-state index contributed by atoms with van der Waals surface area (Å²) in [4.78, 5) is 0. The number of hydrogen-bond acceptors (Lipinski definition) is 0. The molecule has 0 unspecified atom stereocenters. The summed E-state index contributed by atoms with van der Waals surface area (Å²) in [5.74, 6) is 0. The Morgan fingerprint density at radius 2 is 1.00 bits per heavy atom. The van der Waals surface area contributed by atoms with Crippen LogP contribution in [0.2, 0.25) is 19.6 Å². The molecule has 6 heteroatoms. The van der Waals surface area contributed by atoms with Gasteiger partial charge in [-0.3, -0.25) is 0 Å². The second-order valence-corrected chi connectivity index (χ2v) is 7.12. The van der Waals surface area contributed by atoms with Crippen molar-refractivity contribution in [3.63, 3.8) is 0 Å². The maximum atomic E-state index is 6.67. The Labute approximate surface area is 83.1 Å². The number of rotatable bonds is 0. The van der Waals surface area contributed by atoms with E-state index in [0.717, 1.165) is 0 Å². The van der Waals surface area contributed by atoms with Gasteiger partial charge >= 0.3 is 0 Å². The van der Waals surface area contributed by atoms with Crippen LogP contribution in [0, 0.1) is 12.0 Å². The van der Waals surface area contributed by atoms with Gasteiger partial charge < -0.3 is 18.8 Å². The van der Waals surface area contributed by atoms with Gasteiger partial charge in [0.25, 0.3) is 0 Å². The summed E-state index contributed by atoms with van der Waals surface area (Å²) in [5.41, 5.74) is 2.49. The van der Waals surface area contributed by atoms with Crippen molar-refractivity contribution in [1.29, 1.82) is 0 Å². The third-order valence-corrected chi connectivity index (χ3v) is 1.12. The molecule has 0 spiro atoms. The second kappa shape index (κ2) is 16.7. The van der Waals surface area contributed by atoms with Crippen LogP contribution in [0.5, 0.6) is 0 Å². The smallest absolute Gasteiger partial charge is 0.130 e. The molecule has 0 saturated heterocycles. The van der Waals surface area contributed by atoms with E-state index in [9.17, 15) is 0 Å². The molecule has 0 aliphatic heterocycles. The molecule has 4 radical (unpaired) electrons.